The maximum absolute atomic E-state index is 13.6. The third-order valence-corrected chi connectivity index (χ3v) is 5.88. The van der Waals surface area contributed by atoms with Crippen LogP contribution in [0.25, 0.3) is 0 Å². The number of rotatable bonds is 4. The molecule has 3 rings (SSSR count). The molecule has 2 aliphatic heterocycles. The van der Waals surface area contributed by atoms with Crippen LogP contribution < -0.4 is 10.6 Å². The van der Waals surface area contributed by atoms with Gasteiger partial charge in [0, 0.05) is 25.3 Å². The summed E-state index contributed by atoms with van der Waals surface area (Å²) in [5.41, 5.74) is 0.512. The van der Waals surface area contributed by atoms with E-state index in [1.54, 1.807) is 12.1 Å². The van der Waals surface area contributed by atoms with Gasteiger partial charge in [0.25, 0.3) is 0 Å². The van der Waals surface area contributed by atoms with Crippen molar-refractivity contribution < 1.29 is 13.9 Å². The van der Waals surface area contributed by atoms with E-state index < -0.39 is 0 Å². The van der Waals surface area contributed by atoms with Crippen molar-refractivity contribution >= 4 is 6.03 Å². The van der Waals surface area contributed by atoms with E-state index in [9.17, 15) is 9.18 Å². The highest BCUT2D eigenvalue weighted by Crippen LogP contribution is 2.26. The van der Waals surface area contributed by atoms with Crippen LogP contribution in [0.1, 0.15) is 38.2 Å². The molecule has 1 aromatic rings. The zero-order valence-corrected chi connectivity index (χ0v) is 15.8. The van der Waals surface area contributed by atoms with Crippen LogP contribution in [0.15, 0.2) is 24.3 Å². The molecule has 2 unspecified atom stereocenters. The minimum Gasteiger partial charge on any atom is -0.381 e. The van der Waals surface area contributed by atoms with Crippen LogP contribution in [-0.4, -0.2) is 55.4 Å². The lowest BCUT2D eigenvalue weighted by atomic mass is 9.83. The first-order valence-corrected chi connectivity index (χ1v) is 9.59. The van der Waals surface area contributed by atoms with Gasteiger partial charge in [0.2, 0.25) is 0 Å². The molecule has 2 atom stereocenters. The van der Waals surface area contributed by atoms with Crippen molar-refractivity contribution in [1.29, 1.82) is 0 Å². The van der Waals surface area contributed by atoms with E-state index in [2.05, 4.69) is 29.5 Å². The number of likely N-dealkylation sites (N-methyl/N-ethyl adjacent to an activating group) is 1. The smallest absolute Gasteiger partial charge is 0.315 e. The normalized spacial score (nSPS) is 26.3. The number of piperidine rings is 1. The molecule has 26 heavy (non-hydrogen) atoms. The molecule has 0 bridgehead atoms. The van der Waals surface area contributed by atoms with Gasteiger partial charge in [-0.1, -0.05) is 12.1 Å². The van der Waals surface area contributed by atoms with Crippen LogP contribution in [0, 0.1) is 5.82 Å². The maximum Gasteiger partial charge on any atom is 0.315 e. The second-order valence-electron chi connectivity index (χ2n) is 7.77. The second-order valence-corrected chi connectivity index (χ2v) is 7.77. The number of ether oxygens (including phenoxy) is 1. The van der Waals surface area contributed by atoms with Crippen molar-refractivity contribution in [1.82, 2.24) is 15.5 Å². The Morgan fingerprint density at radius 1 is 1.38 bits per heavy atom. The first-order valence-electron chi connectivity index (χ1n) is 9.59. The van der Waals surface area contributed by atoms with E-state index in [1.807, 2.05) is 6.07 Å². The highest BCUT2D eigenvalue weighted by Gasteiger charge is 2.35. The molecule has 6 heteroatoms. The Morgan fingerprint density at radius 2 is 2.15 bits per heavy atom. The Balaban J connectivity index is 1.66. The summed E-state index contributed by atoms with van der Waals surface area (Å²) in [6, 6.07) is 6.98. The van der Waals surface area contributed by atoms with Crippen LogP contribution >= 0.6 is 0 Å². The van der Waals surface area contributed by atoms with E-state index in [1.165, 1.54) is 6.07 Å². The second kappa shape index (κ2) is 8.35. The number of likely N-dealkylation sites (tertiary alicyclic amines) is 1. The number of amides is 2. The Kier molecular flexibility index (Phi) is 6.14. The monoisotopic (exact) mass is 363 g/mol. The van der Waals surface area contributed by atoms with Crippen molar-refractivity contribution in [2.24, 2.45) is 0 Å². The van der Waals surface area contributed by atoms with E-state index >= 15 is 0 Å². The van der Waals surface area contributed by atoms with Crippen molar-refractivity contribution in [2.75, 3.05) is 26.8 Å². The third-order valence-electron chi connectivity index (χ3n) is 5.88. The summed E-state index contributed by atoms with van der Waals surface area (Å²) in [4.78, 5) is 15.0. The Labute approximate surface area is 155 Å². The predicted octanol–water partition coefficient (Wildman–Crippen LogP) is 2.70. The van der Waals surface area contributed by atoms with E-state index in [4.69, 9.17) is 4.74 Å². The lowest BCUT2D eigenvalue weighted by Gasteiger charge is -2.41. The highest BCUT2D eigenvalue weighted by atomic mass is 19.1. The van der Waals surface area contributed by atoms with Crippen LogP contribution in [0.2, 0.25) is 0 Å². The van der Waals surface area contributed by atoms with E-state index in [0.29, 0.717) is 25.7 Å². The van der Waals surface area contributed by atoms with Crippen LogP contribution in [0.5, 0.6) is 0 Å². The zero-order chi connectivity index (χ0) is 18.6. The number of halogens is 1. The molecule has 144 valence electrons. The summed E-state index contributed by atoms with van der Waals surface area (Å²) in [5, 5.41) is 6.37. The molecule has 2 fully saturated rings. The molecule has 0 saturated carbocycles. The van der Waals surface area contributed by atoms with Crippen molar-refractivity contribution in [3.63, 3.8) is 0 Å². The molecule has 2 aliphatic rings. The minimum atomic E-state index is -0.389. The number of hydrogen-bond acceptors (Lipinski definition) is 3. The lowest BCUT2D eigenvalue weighted by Crippen LogP contribution is -2.60. The molecule has 2 N–H and O–H groups in total. The molecule has 2 saturated heterocycles. The summed E-state index contributed by atoms with van der Waals surface area (Å²) < 4.78 is 19.1. The predicted molar refractivity (Wildman–Crippen MR) is 99.7 cm³/mol. The van der Waals surface area contributed by atoms with Crippen LogP contribution in [-0.2, 0) is 11.2 Å². The Morgan fingerprint density at radius 3 is 2.88 bits per heavy atom. The first kappa shape index (κ1) is 19.1. The molecule has 0 radical (unpaired) electrons. The SMILES string of the molecule is CC1C(NC(=O)NC2(Cc3cccc(F)c3)CCOCC2)CCCN1C. The van der Waals surface area contributed by atoms with Crippen molar-refractivity contribution in [2.45, 2.75) is 56.7 Å². The summed E-state index contributed by atoms with van der Waals surface area (Å²) in [6.07, 6.45) is 4.17. The molecule has 0 aromatic heterocycles. The van der Waals surface area contributed by atoms with Crippen LogP contribution in [0.3, 0.4) is 0 Å². The molecule has 2 heterocycles. The number of benzene rings is 1. The zero-order valence-electron chi connectivity index (χ0n) is 15.8. The molecule has 5 nitrogen and oxygen atoms in total. The molecule has 0 aliphatic carbocycles. The van der Waals surface area contributed by atoms with Gasteiger partial charge >= 0.3 is 6.03 Å². The highest BCUT2D eigenvalue weighted by molar-refractivity contribution is 5.75. The van der Waals surface area contributed by atoms with Crippen molar-refractivity contribution in [3.05, 3.63) is 35.6 Å². The standard InChI is InChI=1S/C20H30FN3O2/c1-15-18(7-4-10-24(15)2)22-19(25)23-20(8-11-26-12-9-20)14-16-5-3-6-17(21)13-16/h3,5-6,13,15,18H,4,7-12,14H2,1-2H3,(H2,22,23,25). The average molecular weight is 363 g/mol. The van der Waals surface area contributed by atoms with Gasteiger partial charge in [-0.3, -0.25) is 0 Å². The van der Waals surface area contributed by atoms with Crippen LogP contribution in [0.4, 0.5) is 9.18 Å². The summed E-state index contributed by atoms with van der Waals surface area (Å²) in [5.74, 6) is -0.242. The van der Waals surface area contributed by atoms with Gasteiger partial charge in [0.15, 0.2) is 0 Å². The van der Waals surface area contributed by atoms with E-state index in [0.717, 1.165) is 37.8 Å². The van der Waals surface area contributed by atoms with Gasteiger partial charge in [-0.15, -0.1) is 0 Å². The van der Waals surface area contributed by atoms with Gasteiger partial charge in [-0.2, -0.15) is 0 Å². The fourth-order valence-electron chi connectivity index (χ4n) is 4.10. The fraction of sp³-hybridized carbons (Fsp3) is 0.650. The maximum atomic E-state index is 13.6. The number of carbonyl (C=O) groups excluding carboxylic acids is 1. The summed E-state index contributed by atoms with van der Waals surface area (Å²) >= 11 is 0. The summed E-state index contributed by atoms with van der Waals surface area (Å²) in [6.45, 7) is 4.44. The number of carbonyl (C=O) groups is 1. The van der Waals surface area contributed by atoms with Gasteiger partial charge < -0.3 is 20.3 Å². The average Bonchev–Trinajstić information content (AvgIpc) is 2.59. The number of nitrogens with one attached hydrogen (secondary N) is 2. The van der Waals surface area contributed by atoms with Crippen molar-refractivity contribution in [3.8, 4) is 0 Å². The topological polar surface area (TPSA) is 53.6 Å². The number of nitrogens with zero attached hydrogens (tertiary/aromatic N) is 1. The Hall–Kier alpha value is -1.66. The summed E-state index contributed by atoms with van der Waals surface area (Å²) in [7, 11) is 2.10. The fourth-order valence-corrected chi connectivity index (χ4v) is 4.10. The number of urea groups is 1. The molecular formula is C20H30FN3O2. The third kappa shape index (κ3) is 4.74. The lowest BCUT2D eigenvalue weighted by molar-refractivity contribution is 0.0417. The number of hydrogen-bond donors (Lipinski definition) is 2. The van der Waals surface area contributed by atoms with E-state index in [-0.39, 0.29) is 23.4 Å². The van der Waals surface area contributed by atoms with Gasteiger partial charge in [0.1, 0.15) is 5.82 Å². The van der Waals surface area contributed by atoms with Gasteiger partial charge in [-0.05, 0) is 70.3 Å². The minimum absolute atomic E-state index is 0.129. The molecular weight excluding hydrogens is 333 g/mol. The van der Waals surface area contributed by atoms with Gasteiger partial charge in [0.05, 0.1) is 5.54 Å². The quantitative estimate of drug-likeness (QED) is 0.865. The van der Waals surface area contributed by atoms with Gasteiger partial charge in [-0.25, -0.2) is 9.18 Å². The largest absolute Gasteiger partial charge is 0.381 e. The molecule has 0 spiro atoms. The Bertz CT molecular complexity index is 619. The molecule has 2 amide bonds. The molecule has 1 aromatic carbocycles. The first-order chi connectivity index (χ1) is 12.5.